The molecule has 0 unspecified atom stereocenters. The van der Waals surface area contributed by atoms with Crippen molar-refractivity contribution >= 4 is 29.3 Å². The summed E-state index contributed by atoms with van der Waals surface area (Å²) in [6.07, 6.45) is 3.94. The summed E-state index contributed by atoms with van der Waals surface area (Å²) in [7, 11) is 0. The number of hydrogen-bond donors (Lipinski definition) is 1. The van der Waals surface area contributed by atoms with Crippen LogP contribution in [0.3, 0.4) is 0 Å². The number of pyridine rings is 1. The number of benzene rings is 1. The predicted octanol–water partition coefficient (Wildman–Crippen LogP) is 3.75. The summed E-state index contributed by atoms with van der Waals surface area (Å²) in [5.41, 5.74) is 1.93. The summed E-state index contributed by atoms with van der Waals surface area (Å²) in [5.74, 6) is -0.0624. The number of carbonyl (C=O) groups excluding carboxylic acids is 2. The monoisotopic (exact) mass is 411 g/mol. The first-order chi connectivity index (χ1) is 14.0. The van der Waals surface area contributed by atoms with Gasteiger partial charge in [0.1, 0.15) is 16.8 Å². The second-order valence-corrected chi connectivity index (χ2v) is 7.24. The molecule has 0 saturated heterocycles. The Bertz CT molecular complexity index is 967. The molecule has 1 heterocycles. The fraction of sp³-hybridized carbons (Fsp3) is 0.333. The summed E-state index contributed by atoms with van der Waals surface area (Å²) < 4.78 is 10.2. The molecule has 1 amide bonds. The van der Waals surface area contributed by atoms with Gasteiger partial charge < -0.3 is 14.8 Å². The van der Waals surface area contributed by atoms with E-state index in [-0.39, 0.29) is 24.7 Å². The van der Waals surface area contributed by atoms with E-state index in [2.05, 4.69) is 16.4 Å². The molecule has 2 aromatic rings. The molecule has 1 N–H and O–H groups in total. The molecule has 29 heavy (non-hydrogen) atoms. The third-order valence-electron chi connectivity index (χ3n) is 4.31. The Balaban J connectivity index is 1.78. The van der Waals surface area contributed by atoms with Crippen LogP contribution in [0.1, 0.15) is 47.3 Å². The fourth-order valence-corrected chi connectivity index (χ4v) is 3.33. The second-order valence-electron chi connectivity index (χ2n) is 6.44. The maximum absolute atomic E-state index is 12.9. The van der Waals surface area contributed by atoms with E-state index in [1.165, 1.54) is 11.8 Å². The molecule has 0 aliphatic heterocycles. The van der Waals surface area contributed by atoms with E-state index >= 15 is 0 Å². The third-order valence-corrected chi connectivity index (χ3v) is 4.99. The topological polar surface area (TPSA) is 101 Å². The zero-order chi connectivity index (χ0) is 20.8. The van der Waals surface area contributed by atoms with Crippen molar-refractivity contribution in [2.75, 3.05) is 24.8 Å². The van der Waals surface area contributed by atoms with Crippen LogP contribution < -0.4 is 10.1 Å². The van der Waals surface area contributed by atoms with E-state index in [4.69, 9.17) is 9.47 Å². The van der Waals surface area contributed by atoms with Crippen LogP contribution in [0, 0.1) is 11.3 Å². The first-order valence-electron chi connectivity index (χ1n) is 9.24. The van der Waals surface area contributed by atoms with Crippen LogP contribution in [0.5, 0.6) is 5.75 Å². The van der Waals surface area contributed by atoms with Crippen molar-refractivity contribution in [2.24, 2.45) is 0 Å². The smallest absolute Gasteiger partial charge is 0.344 e. The number of nitrogens with one attached hydrogen (secondary N) is 1. The van der Waals surface area contributed by atoms with Gasteiger partial charge in [-0.2, -0.15) is 5.26 Å². The molecule has 0 spiro atoms. The summed E-state index contributed by atoms with van der Waals surface area (Å²) in [4.78, 5) is 28.9. The zero-order valence-corrected chi connectivity index (χ0v) is 17.0. The number of amides is 1. The van der Waals surface area contributed by atoms with Gasteiger partial charge in [0, 0.05) is 23.4 Å². The lowest BCUT2D eigenvalue weighted by atomic mass is 10.1. The number of anilines is 1. The minimum Gasteiger partial charge on any atom is -0.482 e. The average molecular weight is 411 g/mol. The van der Waals surface area contributed by atoms with Gasteiger partial charge in [-0.15, -0.1) is 11.8 Å². The number of hydrogen-bond acceptors (Lipinski definition) is 7. The van der Waals surface area contributed by atoms with Crippen LogP contribution in [-0.4, -0.2) is 36.3 Å². The summed E-state index contributed by atoms with van der Waals surface area (Å²) >= 11 is 1.36. The lowest BCUT2D eigenvalue weighted by Crippen LogP contribution is -2.16. The van der Waals surface area contributed by atoms with Gasteiger partial charge in [0.15, 0.2) is 6.61 Å². The van der Waals surface area contributed by atoms with E-state index in [0.29, 0.717) is 27.9 Å². The number of thioether (sulfide) groups is 1. The van der Waals surface area contributed by atoms with Crippen molar-refractivity contribution in [2.45, 2.75) is 30.7 Å². The molecular formula is C21H21N3O4S. The van der Waals surface area contributed by atoms with Crippen molar-refractivity contribution < 1.29 is 19.1 Å². The lowest BCUT2D eigenvalue weighted by Gasteiger charge is -2.12. The molecular weight excluding hydrogens is 390 g/mol. The fourth-order valence-electron chi connectivity index (χ4n) is 2.77. The standard InChI is InChI=1S/C21H21N3O4S/c1-3-27-19(25)12-28-15-6-4-5-14(9-15)23-20(26)16-10-18(13-7-8-13)24-21(29-2)17(16)11-22/h4-6,9-10,13H,3,7-8,12H2,1-2H3,(H,23,26). The van der Waals surface area contributed by atoms with Gasteiger partial charge in [0.05, 0.1) is 17.7 Å². The van der Waals surface area contributed by atoms with Gasteiger partial charge in [-0.3, -0.25) is 4.79 Å². The highest BCUT2D eigenvalue weighted by atomic mass is 32.2. The highest BCUT2D eigenvalue weighted by molar-refractivity contribution is 7.98. The molecule has 1 aliphatic rings. The molecule has 1 aromatic carbocycles. The van der Waals surface area contributed by atoms with Gasteiger partial charge in [-0.25, -0.2) is 9.78 Å². The first kappa shape index (κ1) is 20.7. The van der Waals surface area contributed by atoms with E-state index < -0.39 is 5.97 Å². The molecule has 7 nitrogen and oxygen atoms in total. The van der Waals surface area contributed by atoms with E-state index in [0.717, 1.165) is 18.5 Å². The lowest BCUT2D eigenvalue weighted by molar-refractivity contribution is -0.145. The normalized spacial score (nSPS) is 12.7. The molecule has 1 aliphatic carbocycles. The van der Waals surface area contributed by atoms with Crippen molar-refractivity contribution in [3.05, 3.63) is 47.2 Å². The number of carbonyl (C=O) groups is 2. The molecule has 0 radical (unpaired) electrons. The molecule has 0 bridgehead atoms. The maximum atomic E-state index is 12.9. The maximum Gasteiger partial charge on any atom is 0.344 e. The largest absolute Gasteiger partial charge is 0.482 e. The SMILES string of the molecule is CCOC(=O)COc1cccc(NC(=O)c2cc(C3CC3)nc(SC)c2C#N)c1. The summed E-state index contributed by atoms with van der Waals surface area (Å²) in [5, 5.41) is 12.9. The van der Waals surface area contributed by atoms with Crippen LogP contribution in [0.2, 0.25) is 0 Å². The highest BCUT2D eigenvalue weighted by Gasteiger charge is 2.28. The van der Waals surface area contributed by atoms with Crippen LogP contribution >= 0.6 is 11.8 Å². The minimum atomic E-state index is -0.463. The quantitative estimate of drug-likeness (QED) is 0.521. The molecule has 3 rings (SSSR count). The van der Waals surface area contributed by atoms with Crippen LogP contribution in [0.25, 0.3) is 0 Å². The number of rotatable bonds is 8. The predicted molar refractivity (Wildman–Crippen MR) is 109 cm³/mol. The Morgan fingerprint density at radius 2 is 2.14 bits per heavy atom. The molecule has 0 atom stereocenters. The number of aromatic nitrogens is 1. The Kier molecular flexibility index (Phi) is 6.73. The molecule has 1 fully saturated rings. The van der Waals surface area contributed by atoms with Crippen molar-refractivity contribution in [1.82, 2.24) is 4.98 Å². The minimum absolute atomic E-state index is 0.212. The van der Waals surface area contributed by atoms with Gasteiger partial charge in [-0.05, 0) is 44.2 Å². The van der Waals surface area contributed by atoms with Crippen LogP contribution in [0.15, 0.2) is 35.4 Å². The number of ether oxygens (including phenoxy) is 2. The molecule has 1 aromatic heterocycles. The number of nitrogens with zero attached hydrogens (tertiary/aromatic N) is 2. The molecule has 8 heteroatoms. The van der Waals surface area contributed by atoms with Crippen molar-refractivity contribution in [3.8, 4) is 11.8 Å². The highest BCUT2D eigenvalue weighted by Crippen LogP contribution is 2.40. The third kappa shape index (κ3) is 5.27. The first-order valence-corrected chi connectivity index (χ1v) is 10.5. The van der Waals surface area contributed by atoms with Crippen LogP contribution in [0.4, 0.5) is 5.69 Å². The summed E-state index contributed by atoms with van der Waals surface area (Å²) in [6, 6.07) is 10.5. The van der Waals surface area contributed by atoms with E-state index in [9.17, 15) is 14.9 Å². The van der Waals surface area contributed by atoms with Gasteiger partial charge >= 0.3 is 5.97 Å². The van der Waals surface area contributed by atoms with Gasteiger partial charge in [0.2, 0.25) is 0 Å². The van der Waals surface area contributed by atoms with E-state index in [1.54, 1.807) is 37.3 Å². The van der Waals surface area contributed by atoms with E-state index in [1.807, 2.05) is 6.26 Å². The number of nitriles is 1. The van der Waals surface area contributed by atoms with Crippen molar-refractivity contribution in [3.63, 3.8) is 0 Å². The van der Waals surface area contributed by atoms with Gasteiger partial charge in [0.25, 0.3) is 5.91 Å². The van der Waals surface area contributed by atoms with Crippen molar-refractivity contribution in [1.29, 1.82) is 5.26 Å². The Hall–Kier alpha value is -3.05. The average Bonchev–Trinajstić information content (AvgIpc) is 3.57. The molecule has 1 saturated carbocycles. The Morgan fingerprint density at radius 1 is 1.34 bits per heavy atom. The Morgan fingerprint density at radius 3 is 2.79 bits per heavy atom. The zero-order valence-electron chi connectivity index (χ0n) is 16.2. The van der Waals surface area contributed by atoms with Gasteiger partial charge in [-0.1, -0.05) is 6.07 Å². The summed E-state index contributed by atoms with van der Waals surface area (Å²) in [6.45, 7) is 1.79. The number of esters is 1. The molecule has 150 valence electrons. The second kappa shape index (κ2) is 9.43. The van der Waals surface area contributed by atoms with Crippen LogP contribution in [-0.2, 0) is 9.53 Å². The Labute approximate surface area is 173 Å².